The molecule has 9 nitrogen and oxygen atoms in total. The van der Waals surface area contributed by atoms with Crippen LogP contribution in [0.3, 0.4) is 0 Å². The van der Waals surface area contributed by atoms with Gasteiger partial charge in [0.25, 0.3) is 0 Å². The van der Waals surface area contributed by atoms with Crippen LogP contribution in [0.1, 0.15) is 25.8 Å². The highest BCUT2D eigenvalue weighted by Gasteiger charge is 2.07. The fourth-order valence-corrected chi connectivity index (χ4v) is 2.64. The Labute approximate surface area is 189 Å². The van der Waals surface area contributed by atoms with Crippen LogP contribution in [-0.4, -0.2) is 61.0 Å². The van der Waals surface area contributed by atoms with Gasteiger partial charge >= 0.3 is 0 Å². The number of ether oxygens (including phenoxy) is 2. The zero-order valence-electron chi connectivity index (χ0n) is 18.4. The van der Waals surface area contributed by atoms with Crippen molar-refractivity contribution in [2.45, 2.75) is 26.8 Å². The molecule has 0 unspecified atom stereocenters. The Bertz CT molecular complexity index is 747. The Balaban J connectivity index is 1.88. The largest absolute Gasteiger partial charge is 0.378 e. The number of hydrogen-bond donors (Lipinski definition) is 4. The summed E-state index contributed by atoms with van der Waals surface area (Å²) in [5.41, 5.74) is 6.46. The Morgan fingerprint density at radius 1 is 0.839 bits per heavy atom. The molecule has 0 fully saturated rings. The Morgan fingerprint density at radius 2 is 1.42 bits per heavy atom. The van der Waals surface area contributed by atoms with Crippen LogP contribution in [0.4, 0.5) is 17.8 Å². The monoisotopic (exact) mass is 451 g/mol. The van der Waals surface area contributed by atoms with Gasteiger partial charge in [-0.15, -0.1) is 0 Å². The van der Waals surface area contributed by atoms with Crippen LogP contribution in [0, 0.1) is 5.92 Å². The van der Waals surface area contributed by atoms with Crippen LogP contribution in [0.5, 0.6) is 0 Å². The molecule has 0 spiro atoms. The molecule has 1 aromatic heterocycles. The van der Waals surface area contributed by atoms with Gasteiger partial charge in [-0.3, -0.25) is 0 Å². The second-order valence-electron chi connectivity index (χ2n) is 7.34. The van der Waals surface area contributed by atoms with E-state index in [9.17, 15) is 0 Å². The third kappa shape index (κ3) is 11.1. The van der Waals surface area contributed by atoms with Crippen LogP contribution < -0.4 is 21.7 Å². The van der Waals surface area contributed by atoms with Gasteiger partial charge in [0, 0.05) is 31.2 Å². The maximum absolute atomic E-state index is 5.95. The van der Waals surface area contributed by atoms with E-state index in [2.05, 4.69) is 44.7 Å². The van der Waals surface area contributed by atoms with Gasteiger partial charge in [-0.1, -0.05) is 37.6 Å². The normalized spacial score (nSPS) is 11.0. The number of benzene rings is 1. The van der Waals surface area contributed by atoms with E-state index in [0.717, 1.165) is 18.5 Å². The summed E-state index contributed by atoms with van der Waals surface area (Å²) in [7, 11) is 0. The van der Waals surface area contributed by atoms with Crippen molar-refractivity contribution in [1.82, 2.24) is 15.0 Å². The van der Waals surface area contributed by atoms with Crippen molar-refractivity contribution < 1.29 is 9.47 Å². The molecule has 2 rings (SSSR count). The number of aromatic nitrogens is 3. The van der Waals surface area contributed by atoms with Crippen molar-refractivity contribution in [2.24, 2.45) is 11.7 Å². The summed E-state index contributed by atoms with van der Waals surface area (Å²) in [4.78, 5) is 13.4. The summed E-state index contributed by atoms with van der Waals surface area (Å²) in [6, 6.07) is 7.65. The average molecular weight is 452 g/mol. The molecule has 0 saturated carbocycles. The highest BCUT2D eigenvalue weighted by atomic mass is 35.5. The average Bonchev–Trinajstić information content (AvgIpc) is 2.75. The van der Waals surface area contributed by atoms with Gasteiger partial charge in [-0.25, -0.2) is 0 Å². The van der Waals surface area contributed by atoms with E-state index in [1.165, 1.54) is 0 Å². The summed E-state index contributed by atoms with van der Waals surface area (Å²) < 4.78 is 10.8. The SMILES string of the molecule is CC(C)CCNc1nc(NCCOCCOCCN)nc(NCc2ccc(Cl)cc2)n1. The van der Waals surface area contributed by atoms with E-state index in [1.807, 2.05) is 24.3 Å². The zero-order chi connectivity index (χ0) is 22.3. The highest BCUT2D eigenvalue weighted by Crippen LogP contribution is 2.13. The van der Waals surface area contributed by atoms with Crippen LogP contribution in [-0.2, 0) is 16.0 Å². The van der Waals surface area contributed by atoms with Crippen molar-refractivity contribution in [3.63, 3.8) is 0 Å². The molecule has 0 radical (unpaired) electrons. The van der Waals surface area contributed by atoms with E-state index in [4.69, 9.17) is 26.8 Å². The summed E-state index contributed by atoms with van der Waals surface area (Å²) >= 11 is 5.95. The molecule has 31 heavy (non-hydrogen) atoms. The topological polar surface area (TPSA) is 119 Å². The molecule has 10 heteroatoms. The highest BCUT2D eigenvalue weighted by molar-refractivity contribution is 6.30. The van der Waals surface area contributed by atoms with E-state index < -0.39 is 0 Å². The molecule has 0 aliphatic rings. The predicted octanol–water partition coefficient (Wildman–Crippen LogP) is 3.00. The summed E-state index contributed by atoms with van der Waals surface area (Å²) in [5, 5.41) is 10.4. The van der Waals surface area contributed by atoms with E-state index in [1.54, 1.807) is 0 Å². The number of rotatable bonds is 16. The zero-order valence-corrected chi connectivity index (χ0v) is 19.1. The Morgan fingerprint density at radius 3 is 2.03 bits per heavy atom. The van der Waals surface area contributed by atoms with E-state index in [0.29, 0.717) is 74.8 Å². The molecular weight excluding hydrogens is 418 g/mol. The number of nitrogens with two attached hydrogens (primary N) is 1. The van der Waals surface area contributed by atoms with Crippen molar-refractivity contribution in [1.29, 1.82) is 0 Å². The number of hydrogen-bond acceptors (Lipinski definition) is 9. The van der Waals surface area contributed by atoms with E-state index in [-0.39, 0.29) is 0 Å². The first kappa shape index (κ1) is 25.1. The lowest BCUT2D eigenvalue weighted by molar-refractivity contribution is 0.0547. The lowest BCUT2D eigenvalue weighted by Crippen LogP contribution is -2.17. The minimum atomic E-state index is 0.489. The summed E-state index contributed by atoms with van der Waals surface area (Å²) in [6.45, 7) is 8.95. The fraction of sp³-hybridized carbons (Fsp3) is 0.571. The van der Waals surface area contributed by atoms with Crippen molar-refractivity contribution >= 4 is 29.4 Å². The van der Waals surface area contributed by atoms with Gasteiger partial charge < -0.3 is 31.2 Å². The molecule has 5 N–H and O–H groups in total. The van der Waals surface area contributed by atoms with Crippen LogP contribution in [0.15, 0.2) is 24.3 Å². The first-order chi connectivity index (χ1) is 15.1. The molecular formula is C21H34ClN7O2. The molecule has 1 aromatic carbocycles. The van der Waals surface area contributed by atoms with Crippen LogP contribution in [0.2, 0.25) is 5.02 Å². The van der Waals surface area contributed by atoms with Gasteiger partial charge in [0.2, 0.25) is 17.8 Å². The lowest BCUT2D eigenvalue weighted by Gasteiger charge is -2.12. The predicted molar refractivity (Wildman–Crippen MR) is 126 cm³/mol. The van der Waals surface area contributed by atoms with Gasteiger partial charge in [0.1, 0.15) is 0 Å². The van der Waals surface area contributed by atoms with Gasteiger partial charge in [0.05, 0.1) is 26.4 Å². The molecule has 0 aliphatic carbocycles. The molecule has 0 bridgehead atoms. The summed E-state index contributed by atoms with van der Waals surface area (Å²) in [5.74, 6) is 2.12. The van der Waals surface area contributed by atoms with Crippen LogP contribution >= 0.6 is 11.6 Å². The third-order valence-electron chi connectivity index (χ3n) is 4.17. The molecule has 0 amide bonds. The number of nitrogens with zero attached hydrogens (tertiary/aromatic N) is 3. The van der Waals surface area contributed by atoms with E-state index >= 15 is 0 Å². The van der Waals surface area contributed by atoms with Crippen molar-refractivity contribution in [2.75, 3.05) is 62.0 Å². The van der Waals surface area contributed by atoms with Gasteiger partial charge in [-0.05, 0) is 30.0 Å². The van der Waals surface area contributed by atoms with Gasteiger partial charge in [0.15, 0.2) is 0 Å². The first-order valence-electron chi connectivity index (χ1n) is 10.6. The fourth-order valence-electron chi connectivity index (χ4n) is 2.51. The number of halogens is 1. The molecule has 172 valence electrons. The minimum absolute atomic E-state index is 0.489. The number of anilines is 3. The maximum atomic E-state index is 5.95. The second-order valence-corrected chi connectivity index (χ2v) is 7.77. The Hall–Kier alpha value is -2.20. The summed E-state index contributed by atoms with van der Waals surface area (Å²) in [6.07, 6.45) is 1.03. The van der Waals surface area contributed by atoms with Crippen molar-refractivity contribution in [3.8, 4) is 0 Å². The van der Waals surface area contributed by atoms with Gasteiger partial charge in [-0.2, -0.15) is 15.0 Å². The third-order valence-corrected chi connectivity index (χ3v) is 4.42. The molecule has 1 heterocycles. The second kappa shape index (κ2) is 14.7. The van der Waals surface area contributed by atoms with Crippen LogP contribution in [0.25, 0.3) is 0 Å². The lowest BCUT2D eigenvalue weighted by atomic mass is 10.1. The quantitative estimate of drug-likeness (QED) is 0.285. The minimum Gasteiger partial charge on any atom is -0.378 e. The molecule has 0 saturated heterocycles. The maximum Gasteiger partial charge on any atom is 0.229 e. The first-order valence-corrected chi connectivity index (χ1v) is 11.0. The Kier molecular flexibility index (Phi) is 11.9. The molecule has 0 aliphatic heterocycles. The smallest absolute Gasteiger partial charge is 0.229 e. The molecule has 0 atom stereocenters. The molecule has 2 aromatic rings. The standard InChI is InChI=1S/C21H34ClN7O2/c1-16(2)7-9-24-19-27-20(25-10-12-31-14-13-30-11-8-23)29-21(28-19)26-15-17-3-5-18(22)6-4-17/h3-6,16H,7-15,23H2,1-2H3,(H3,24,25,26,27,28,29). The van der Waals surface area contributed by atoms with Crippen molar-refractivity contribution in [3.05, 3.63) is 34.9 Å². The number of nitrogens with one attached hydrogen (secondary N) is 3.